The quantitative estimate of drug-likeness (QED) is 0.334. The van der Waals surface area contributed by atoms with Gasteiger partial charge in [0.05, 0.1) is 6.67 Å². The highest BCUT2D eigenvalue weighted by Crippen LogP contribution is 2.42. The number of benzene rings is 3. The van der Waals surface area contributed by atoms with Gasteiger partial charge in [-0.15, -0.1) is 0 Å². The van der Waals surface area contributed by atoms with Crippen LogP contribution in [0.5, 0.6) is 0 Å². The Kier molecular flexibility index (Phi) is 7.20. The first-order valence-corrected chi connectivity index (χ1v) is 12.7. The van der Waals surface area contributed by atoms with E-state index in [2.05, 4.69) is 65.6 Å². The Labute approximate surface area is 211 Å². The first-order chi connectivity index (χ1) is 16.6. The van der Waals surface area contributed by atoms with Gasteiger partial charge in [-0.3, -0.25) is 9.29 Å². The molecule has 3 aromatic rings. The van der Waals surface area contributed by atoms with Crippen molar-refractivity contribution < 1.29 is 4.39 Å². The van der Waals surface area contributed by atoms with Crippen LogP contribution < -0.4 is 0 Å². The Hall–Kier alpha value is -2.39. The number of rotatable bonds is 6. The highest BCUT2D eigenvalue weighted by molar-refractivity contribution is 6.36. The highest BCUT2D eigenvalue weighted by Gasteiger charge is 2.22. The van der Waals surface area contributed by atoms with E-state index >= 15 is 0 Å². The minimum absolute atomic E-state index is 0.237. The summed E-state index contributed by atoms with van der Waals surface area (Å²) in [5, 5.41) is 1.35. The van der Waals surface area contributed by atoms with Crippen molar-refractivity contribution >= 4 is 40.4 Å². The molecule has 0 bridgehead atoms. The van der Waals surface area contributed by atoms with E-state index in [1.807, 2.05) is 12.1 Å². The third-order valence-corrected chi connectivity index (χ3v) is 7.30. The van der Waals surface area contributed by atoms with E-state index in [0.717, 1.165) is 44.5 Å². The monoisotopic (exact) mass is 491 g/mol. The number of hydrogen-bond acceptors (Lipinski definition) is 1. The molecule has 0 aromatic heterocycles. The molecule has 2 aliphatic rings. The van der Waals surface area contributed by atoms with E-state index < -0.39 is 0 Å². The van der Waals surface area contributed by atoms with Crippen LogP contribution in [-0.2, 0) is 6.42 Å². The predicted octanol–water partition coefficient (Wildman–Crippen LogP) is 8.35. The van der Waals surface area contributed by atoms with Crippen molar-refractivity contribution in [1.29, 1.82) is 0 Å². The van der Waals surface area contributed by atoms with Gasteiger partial charge in [0.15, 0.2) is 0 Å². The first kappa shape index (κ1) is 23.4. The Balaban J connectivity index is 1.52. The van der Waals surface area contributed by atoms with Gasteiger partial charge in [-0.05, 0) is 82.4 Å². The second-order valence-corrected chi connectivity index (χ2v) is 10.0. The second-order valence-electron chi connectivity index (χ2n) is 9.17. The number of nitrogens with zero attached hydrogens (tertiary/aromatic N) is 1. The lowest BCUT2D eigenvalue weighted by Crippen LogP contribution is -2.40. The zero-order chi connectivity index (χ0) is 23.5. The van der Waals surface area contributed by atoms with Crippen LogP contribution in [0, 0.1) is 0 Å². The maximum atomic E-state index is 12.4. The number of hydrogen-bond donors (Lipinski definition) is 0. The zero-order valence-electron chi connectivity index (χ0n) is 19.2. The van der Waals surface area contributed by atoms with Gasteiger partial charge in [0.1, 0.15) is 0 Å². The smallest absolute Gasteiger partial charge is 0.0906 e. The zero-order valence-corrected chi connectivity index (χ0v) is 20.7. The van der Waals surface area contributed by atoms with E-state index in [9.17, 15) is 4.39 Å². The van der Waals surface area contributed by atoms with Gasteiger partial charge in [0, 0.05) is 29.7 Å². The standard InChI is InChI=1S/C30H28Cl2FN/c31-25-13-14-27(29(32)18-25)28-8-3-6-23-5-1-2-7-26(23)30(28)24-11-9-21(10-12-24)17-22-19-34(20-22)16-4-15-33/h1-2,5,7,9-14,17-18H,3-4,6,8,15-16,19-20H2. The molecule has 34 heavy (non-hydrogen) atoms. The van der Waals surface area contributed by atoms with Crippen molar-refractivity contribution in [2.24, 2.45) is 0 Å². The molecule has 1 saturated heterocycles. The Bertz CT molecular complexity index is 1230. The molecule has 0 unspecified atom stereocenters. The van der Waals surface area contributed by atoms with Crippen LogP contribution in [0.15, 0.2) is 72.3 Å². The van der Waals surface area contributed by atoms with Crippen LogP contribution in [0.4, 0.5) is 4.39 Å². The summed E-state index contributed by atoms with van der Waals surface area (Å²) in [6, 6.07) is 23.4. The highest BCUT2D eigenvalue weighted by atomic mass is 35.5. The van der Waals surface area contributed by atoms with E-state index in [1.165, 1.54) is 39.0 Å². The molecule has 1 aliphatic carbocycles. The fourth-order valence-electron chi connectivity index (χ4n) is 5.10. The van der Waals surface area contributed by atoms with Gasteiger partial charge in [-0.1, -0.05) is 83.9 Å². The number of aryl methyl sites for hydroxylation is 1. The number of likely N-dealkylation sites (tertiary alicyclic amines) is 1. The fourth-order valence-corrected chi connectivity index (χ4v) is 5.62. The molecule has 0 atom stereocenters. The summed E-state index contributed by atoms with van der Waals surface area (Å²) in [5.74, 6) is 0. The molecule has 4 heteroatoms. The largest absolute Gasteiger partial charge is 0.295 e. The molecule has 0 saturated carbocycles. The molecule has 1 nitrogen and oxygen atoms in total. The number of halogens is 3. The Morgan fingerprint density at radius 3 is 2.44 bits per heavy atom. The van der Waals surface area contributed by atoms with Crippen molar-refractivity contribution in [2.45, 2.75) is 25.7 Å². The van der Waals surface area contributed by atoms with Crippen molar-refractivity contribution in [1.82, 2.24) is 4.90 Å². The summed E-state index contributed by atoms with van der Waals surface area (Å²) in [6.45, 7) is 2.49. The summed E-state index contributed by atoms with van der Waals surface area (Å²) in [5.41, 5.74) is 10.1. The average molecular weight is 492 g/mol. The maximum Gasteiger partial charge on any atom is 0.0906 e. The summed E-state index contributed by atoms with van der Waals surface area (Å²) in [7, 11) is 0. The molecular formula is C30H28Cl2FN. The molecule has 0 amide bonds. The molecule has 1 aliphatic heterocycles. The Morgan fingerprint density at radius 2 is 1.68 bits per heavy atom. The van der Waals surface area contributed by atoms with Gasteiger partial charge in [-0.25, -0.2) is 0 Å². The lowest BCUT2D eigenvalue weighted by molar-refractivity contribution is 0.239. The summed E-state index contributed by atoms with van der Waals surface area (Å²) < 4.78 is 12.4. The summed E-state index contributed by atoms with van der Waals surface area (Å²) in [6.07, 6.45) is 5.99. The minimum atomic E-state index is -0.237. The van der Waals surface area contributed by atoms with Gasteiger partial charge in [-0.2, -0.15) is 0 Å². The lowest BCUT2D eigenvalue weighted by atomic mass is 9.87. The van der Waals surface area contributed by atoms with E-state index in [1.54, 1.807) is 0 Å². The normalized spacial score (nSPS) is 16.1. The van der Waals surface area contributed by atoms with Crippen molar-refractivity contribution in [2.75, 3.05) is 26.3 Å². The van der Waals surface area contributed by atoms with Crippen LogP contribution in [0.2, 0.25) is 10.0 Å². The molecular weight excluding hydrogens is 464 g/mol. The third-order valence-electron chi connectivity index (χ3n) is 6.75. The molecule has 0 spiro atoms. The summed E-state index contributed by atoms with van der Waals surface area (Å²) >= 11 is 12.9. The molecule has 1 fully saturated rings. The summed E-state index contributed by atoms with van der Waals surface area (Å²) in [4.78, 5) is 2.29. The minimum Gasteiger partial charge on any atom is -0.295 e. The maximum absolute atomic E-state index is 12.4. The van der Waals surface area contributed by atoms with Crippen molar-refractivity contribution in [3.63, 3.8) is 0 Å². The van der Waals surface area contributed by atoms with Gasteiger partial charge in [0.25, 0.3) is 0 Å². The Morgan fingerprint density at radius 1 is 0.882 bits per heavy atom. The third kappa shape index (κ3) is 5.00. The molecule has 1 heterocycles. The predicted molar refractivity (Wildman–Crippen MR) is 143 cm³/mol. The van der Waals surface area contributed by atoms with E-state index in [4.69, 9.17) is 23.2 Å². The van der Waals surface area contributed by atoms with Crippen LogP contribution >= 0.6 is 23.2 Å². The van der Waals surface area contributed by atoms with E-state index in [-0.39, 0.29) is 6.67 Å². The van der Waals surface area contributed by atoms with Crippen LogP contribution in [0.3, 0.4) is 0 Å². The second kappa shape index (κ2) is 10.5. The average Bonchev–Trinajstić information content (AvgIpc) is 3.00. The molecule has 174 valence electrons. The van der Waals surface area contributed by atoms with Crippen molar-refractivity contribution in [3.8, 4) is 0 Å². The van der Waals surface area contributed by atoms with Gasteiger partial charge in [0.2, 0.25) is 0 Å². The van der Waals surface area contributed by atoms with Crippen molar-refractivity contribution in [3.05, 3.63) is 110 Å². The number of allylic oxidation sites excluding steroid dienone is 1. The number of fused-ring (bicyclic) bond motifs is 1. The fraction of sp³-hybridized carbons (Fsp3) is 0.267. The first-order valence-electron chi connectivity index (χ1n) is 12.0. The van der Waals surface area contributed by atoms with Gasteiger partial charge < -0.3 is 0 Å². The molecule has 5 rings (SSSR count). The van der Waals surface area contributed by atoms with Crippen LogP contribution in [0.25, 0.3) is 17.2 Å². The SMILES string of the molecule is FCCCN1CC(=Cc2ccc(C3=C(c4ccc(Cl)cc4Cl)CCCc4ccccc43)cc2)C1. The molecule has 0 radical (unpaired) electrons. The van der Waals surface area contributed by atoms with Crippen LogP contribution in [0.1, 0.15) is 47.1 Å². The van der Waals surface area contributed by atoms with Gasteiger partial charge >= 0.3 is 0 Å². The molecule has 0 N–H and O–H groups in total. The lowest BCUT2D eigenvalue weighted by Gasteiger charge is -2.33. The topological polar surface area (TPSA) is 3.24 Å². The molecule has 3 aromatic carbocycles. The van der Waals surface area contributed by atoms with Crippen LogP contribution in [-0.4, -0.2) is 31.2 Å². The number of alkyl halides is 1. The van der Waals surface area contributed by atoms with E-state index in [0.29, 0.717) is 16.5 Å².